The lowest BCUT2D eigenvalue weighted by atomic mass is 9.98. The zero-order valence-corrected chi connectivity index (χ0v) is 19.6. The first-order chi connectivity index (χ1) is 15.7. The molecule has 32 heavy (non-hydrogen) atoms. The molecule has 3 rings (SSSR count). The number of nitrogens with two attached hydrogens (primary N) is 1. The minimum atomic E-state index is 0.476. The van der Waals surface area contributed by atoms with Gasteiger partial charge in [0.05, 0.1) is 7.11 Å². The summed E-state index contributed by atoms with van der Waals surface area (Å²) in [7, 11) is 1.66. The lowest BCUT2D eigenvalue weighted by Crippen LogP contribution is -2.11. The summed E-state index contributed by atoms with van der Waals surface area (Å²) in [6.45, 7) is 3.22. The fourth-order valence-corrected chi connectivity index (χ4v) is 3.97. The lowest BCUT2D eigenvalue weighted by molar-refractivity contribution is 0.326. The van der Waals surface area contributed by atoms with Crippen LogP contribution in [-0.4, -0.2) is 20.3 Å². The first-order valence-electron chi connectivity index (χ1n) is 12.0. The summed E-state index contributed by atoms with van der Waals surface area (Å²) in [5.41, 5.74) is 11.7. The Morgan fingerprint density at radius 1 is 0.719 bits per heavy atom. The van der Waals surface area contributed by atoms with Crippen molar-refractivity contribution < 1.29 is 9.47 Å². The van der Waals surface area contributed by atoms with Gasteiger partial charge in [0.15, 0.2) is 0 Å². The van der Waals surface area contributed by atoms with E-state index in [0.717, 1.165) is 22.6 Å². The molecule has 0 heterocycles. The Morgan fingerprint density at radius 3 is 2.00 bits per heavy atom. The number of hydrogen-bond donors (Lipinski definition) is 1. The maximum absolute atomic E-state index is 5.87. The van der Waals surface area contributed by atoms with Crippen LogP contribution in [0, 0.1) is 0 Å². The second-order valence-corrected chi connectivity index (χ2v) is 8.29. The Kier molecular flexibility index (Phi) is 9.64. The molecule has 0 saturated heterocycles. The van der Waals surface area contributed by atoms with Crippen LogP contribution < -0.4 is 15.2 Å². The molecule has 2 N–H and O–H groups in total. The molecule has 0 amide bonds. The van der Waals surface area contributed by atoms with Crippen LogP contribution in [0.2, 0.25) is 0 Å². The quantitative estimate of drug-likeness (QED) is 0.289. The van der Waals surface area contributed by atoms with Gasteiger partial charge in [0.1, 0.15) is 18.1 Å². The number of hydrogen-bond acceptors (Lipinski definition) is 3. The maximum Gasteiger partial charge on any atom is 0.130 e. The van der Waals surface area contributed by atoms with Gasteiger partial charge in [-0.05, 0) is 47.2 Å². The van der Waals surface area contributed by atoms with Crippen LogP contribution in [0.4, 0.5) is 0 Å². The van der Waals surface area contributed by atoms with Crippen molar-refractivity contribution in [3.05, 3.63) is 72.3 Å². The van der Waals surface area contributed by atoms with E-state index < -0.39 is 0 Å². The molecule has 0 aliphatic heterocycles. The van der Waals surface area contributed by atoms with E-state index in [9.17, 15) is 0 Å². The van der Waals surface area contributed by atoms with Crippen LogP contribution in [0.25, 0.3) is 22.3 Å². The SMILES string of the molecule is CCCCCCCCc1ccc(-c2ccc(-c3ccc(OC)cc3OCCN)cc2)cc1. The second-order valence-electron chi connectivity index (χ2n) is 8.29. The lowest BCUT2D eigenvalue weighted by Gasteiger charge is -2.13. The molecule has 0 saturated carbocycles. The molecular formula is C29H37NO2. The number of unbranched alkanes of at least 4 members (excludes halogenated alkanes) is 5. The molecule has 0 aromatic heterocycles. The molecule has 3 aromatic carbocycles. The van der Waals surface area contributed by atoms with Crippen molar-refractivity contribution >= 4 is 0 Å². The predicted molar refractivity (Wildman–Crippen MR) is 135 cm³/mol. The summed E-state index contributed by atoms with van der Waals surface area (Å²) < 4.78 is 11.2. The molecule has 0 spiro atoms. The molecule has 0 fully saturated rings. The van der Waals surface area contributed by atoms with E-state index in [4.69, 9.17) is 15.2 Å². The van der Waals surface area contributed by atoms with E-state index in [1.54, 1.807) is 7.11 Å². The van der Waals surface area contributed by atoms with Crippen LogP contribution in [0.1, 0.15) is 51.0 Å². The third-order valence-corrected chi connectivity index (χ3v) is 5.87. The summed E-state index contributed by atoms with van der Waals surface area (Å²) in [5.74, 6) is 1.57. The Balaban J connectivity index is 1.64. The average Bonchev–Trinajstić information content (AvgIpc) is 2.85. The van der Waals surface area contributed by atoms with Crippen LogP contribution in [0.5, 0.6) is 11.5 Å². The van der Waals surface area contributed by atoms with Crippen molar-refractivity contribution in [3.8, 4) is 33.8 Å². The monoisotopic (exact) mass is 431 g/mol. The number of methoxy groups -OCH3 is 1. The standard InChI is InChI=1S/C29H37NO2/c1-3-4-5-6-7-8-9-23-10-12-24(13-11-23)25-14-16-26(17-15-25)28-19-18-27(31-2)22-29(28)32-21-20-30/h10-19,22H,3-9,20-21,30H2,1-2H3. The summed E-state index contributed by atoms with van der Waals surface area (Å²) in [6.07, 6.45) is 9.22. The molecule has 3 aromatic rings. The molecular weight excluding hydrogens is 394 g/mol. The highest BCUT2D eigenvalue weighted by Crippen LogP contribution is 2.34. The predicted octanol–water partition coefficient (Wildman–Crippen LogP) is 7.27. The number of rotatable bonds is 13. The van der Waals surface area contributed by atoms with Gasteiger partial charge in [0.2, 0.25) is 0 Å². The van der Waals surface area contributed by atoms with E-state index in [1.807, 2.05) is 18.2 Å². The summed E-state index contributed by atoms with van der Waals surface area (Å²) in [5, 5.41) is 0. The maximum atomic E-state index is 5.87. The van der Waals surface area contributed by atoms with Gasteiger partial charge in [-0.3, -0.25) is 0 Å². The normalized spacial score (nSPS) is 10.8. The Labute approximate surface area is 193 Å². The second kappa shape index (κ2) is 12.9. The summed E-state index contributed by atoms with van der Waals surface area (Å²) >= 11 is 0. The largest absolute Gasteiger partial charge is 0.497 e. The molecule has 0 atom stereocenters. The number of benzene rings is 3. The van der Waals surface area contributed by atoms with Crippen molar-refractivity contribution in [1.29, 1.82) is 0 Å². The Bertz CT molecular complexity index is 932. The highest BCUT2D eigenvalue weighted by molar-refractivity contribution is 5.75. The molecule has 0 bridgehead atoms. The fourth-order valence-electron chi connectivity index (χ4n) is 3.97. The van der Waals surface area contributed by atoms with Gasteiger partial charge < -0.3 is 15.2 Å². The summed E-state index contributed by atoms with van der Waals surface area (Å²) in [4.78, 5) is 0. The van der Waals surface area contributed by atoms with Crippen LogP contribution in [-0.2, 0) is 6.42 Å². The smallest absolute Gasteiger partial charge is 0.130 e. The molecule has 170 valence electrons. The van der Waals surface area contributed by atoms with E-state index >= 15 is 0 Å². The highest BCUT2D eigenvalue weighted by Gasteiger charge is 2.09. The Hall–Kier alpha value is -2.78. The first-order valence-corrected chi connectivity index (χ1v) is 12.0. The number of ether oxygens (including phenoxy) is 2. The van der Waals surface area contributed by atoms with Crippen LogP contribution in [0.3, 0.4) is 0 Å². The van der Waals surface area contributed by atoms with Crippen molar-refractivity contribution in [1.82, 2.24) is 0 Å². The minimum Gasteiger partial charge on any atom is -0.497 e. The van der Waals surface area contributed by atoms with Crippen molar-refractivity contribution in [2.45, 2.75) is 51.9 Å². The minimum absolute atomic E-state index is 0.476. The van der Waals surface area contributed by atoms with Crippen molar-refractivity contribution in [2.75, 3.05) is 20.3 Å². The Morgan fingerprint density at radius 2 is 1.34 bits per heavy atom. The highest BCUT2D eigenvalue weighted by atomic mass is 16.5. The molecule has 0 aliphatic rings. The molecule has 0 unspecified atom stereocenters. The van der Waals surface area contributed by atoms with Gasteiger partial charge in [-0.25, -0.2) is 0 Å². The van der Waals surface area contributed by atoms with E-state index in [1.165, 1.54) is 61.6 Å². The zero-order valence-electron chi connectivity index (χ0n) is 19.6. The van der Waals surface area contributed by atoms with Crippen molar-refractivity contribution in [3.63, 3.8) is 0 Å². The topological polar surface area (TPSA) is 44.5 Å². The van der Waals surface area contributed by atoms with Crippen LogP contribution in [0.15, 0.2) is 66.7 Å². The van der Waals surface area contributed by atoms with Gasteiger partial charge in [-0.15, -0.1) is 0 Å². The van der Waals surface area contributed by atoms with E-state index in [2.05, 4.69) is 55.5 Å². The van der Waals surface area contributed by atoms with Gasteiger partial charge >= 0.3 is 0 Å². The van der Waals surface area contributed by atoms with Gasteiger partial charge in [0, 0.05) is 18.2 Å². The molecule has 3 nitrogen and oxygen atoms in total. The zero-order chi connectivity index (χ0) is 22.6. The third kappa shape index (κ3) is 6.86. The van der Waals surface area contributed by atoms with E-state index in [0.29, 0.717) is 13.2 Å². The van der Waals surface area contributed by atoms with Gasteiger partial charge in [-0.2, -0.15) is 0 Å². The molecule has 0 aliphatic carbocycles. The molecule has 0 radical (unpaired) electrons. The molecule has 3 heteroatoms. The first kappa shape index (κ1) is 23.9. The number of aryl methyl sites for hydroxylation is 1. The van der Waals surface area contributed by atoms with E-state index in [-0.39, 0.29) is 0 Å². The summed E-state index contributed by atoms with van der Waals surface area (Å²) in [6, 6.07) is 23.6. The van der Waals surface area contributed by atoms with Gasteiger partial charge in [0.25, 0.3) is 0 Å². The average molecular weight is 432 g/mol. The van der Waals surface area contributed by atoms with Crippen molar-refractivity contribution in [2.24, 2.45) is 5.73 Å². The third-order valence-electron chi connectivity index (χ3n) is 5.87. The van der Waals surface area contributed by atoms with Gasteiger partial charge in [-0.1, -0.05) is 87.6 Å². The van der Waals surface area contributed by atoms with Crippen LogP contribution >= 0.6 is 0 Å². The fraction of sp³-hybridized carbons (Fsp3) is 0.379.